The van der Waals surface area contributed by atoms with E-state index in [0.717, 1.165) is 127 Å². The highest BCUT2D eigenvalue weighted by molar-refractivity contribution is 7.47. The SMILES string of the molecule is CCCCCC/C=C\C=C/CCCCCCCC(=O)O[C@H](COC(=O)CCCCCCCCCCCCC(C)CC)COP(=O)(O)OC[C@@H](O)COP(=O)(O)OC[C@@H](COC(=O)CCCCCCCCC(C)CC)OC(=O)CCCCCCCCCCCCCC(C)C. The summed E-state index contributed by atoms with van der Waals surface area (Å²) in [5.41, 5.74) is 0. The van der Waals surface area contributed by atoms with E-state index in [1.54, 1.807) is 0 Å². The van der Waals surface area contributed by atoms with Crippen LogP contribution in [0, 0.1) is 17.8 Å². The maximum Gasteiger partial charge on any atom is 0.472 e. The second-order valence-electron chi connectivity index (χ2n) is 27.0. The molecule has 0 fully saturated rings. The van der Waals surface area contributed by atoms with Gasteiger partial charge in [-0.25, -0.2) is 9.13 Å². The van der Waals surface area contributed by atoms with Crippen molar-refractivity contribution in [1.82, 2.24) is 0 Å². The Labute approximate surface area is 567 Å². The normalized spacial score (nSPS) is 14.9. The number of phosphoric ester groups is 2. The van der Waals surface area contributed by atoms with E-state index in [1.165, 1.54) is 141 Å². The molecule has 0 aliphatic rings. The van der Waals surface area contributed by atoms with Gasteiger partial charge in [0.2, 0.25) is 0 Å². The van der Waals surface area contributed by atoms with E-state index in [-0.39, 0.29) is 25.7 Å². The molecule has 0 radical (unpaired) electrons. The molecule has 0 saturated carbocycles. The van der Waals surface area contributed by atoms with Crippen molar-refractivity contribution >= 4 is 39.5 Å². The Morgan fingerprint density at radius 2 is 0.634 bits per heavy atom. The van der Waals surface area contributed by atoms with Crippen LogP contribution in [0.2, 0.25) is 0 Å². The molecule has 4 unspecified atom stereocenters. The van der Waals surface area contributed by atoms with Crippen LogP contribution in [-0.2, 0) is 65.4 Å². The summed E-state index contributed by atoms with van der Waals surface area (Å²) in [5.74, 6) is 0.148. The van der Waals surface area contributed by atoms with E-state index in [1.807, 2.05) is 0 Å². The molecule has 0 saturated heterocycles. The van der Waals surface area contributed by atoms with Crippen molar-refractivity contribution < 1.29 is 80.2 Å². The van der Waals surface area contributed by atoms with Gasteiger partial charge in [0.15, 0.2) is 12.2 Å². The van der Waals surface area contributed by atoms with E-state index in [0.29, 0.717) is 25.7 Å². The van der Waals surface area contributed by atoms with Gasteiger partial charge in [0.05, 0.1) is 26.4 Å². The minimum atomic E-state index is -4.96. The Kier molecular flexibility index (Phi) is 62.5. The zero-order valence-corrected chi connectivity index (χ0v) is 62.0. The van der Waals surface area contributed by atoms with Crippen molar-refractivity contribution in [3.63, 3.8) is 0 Å². The highest BCUT2D eigenvalue weighted by atomic mass is 31.2. The van der Waals surface area contributed by atoms with Crippen LogP contribution in [0.4, 0.5) is 0 Å². The molecule has 0 aromatic rings. The molecular formula is C74H140O17P2. The summed E-state index contributed by atoms with van der Waals surface area (Å²) < 4.78 is 68.4. The Balaban J connectivity index is 5.31. The molecule has 0 aliphatic heterocycles. The molecule has 0 aliphatic carbocycles. The predicted molar refractivity (Wildman–Crippen MR) is 377 cm³/mol. The molecule has 0 bridgehead atoms. The Bertz CT molecular complexity index is 1920. The molecule has 19 heteroatoms. The smallest absolute Gasteiger partial charge is 0.462 e. The van der Waals surface area contributed by atoms with Crippen LogP contribution in [-0.4, -0.2) is 96.7 Å². The quantitative estimate of drug-likeness (QED) is 0.0169. The Hall–Kier alpha value is -2.46. The summed E-state index contributed by atoms with van der Waals surface area (Å²) >= 11 is 0. The number of rotatable bonds is 70. The third-order valence-corrected chi connectivity index (χ3v) is 19.1. The third-order valence-electron chi connectivity index (χ3n) is 17.2. The number of unbranched alkanes of at least 4 members (excludes halogenated alkanes) is 33. The molecule has 0 rings (SSSR count). The van der Waals surface area contributed by atoms with Crippen molar-refractivity contribution in [2.45, 2.75) is 369 Å². The van der Waals surface area contributed by atoms with E-state index >= 15 is 0 Å². The molecule has 0 aromatic carbocycles. The first-order chi connectivity index (χ1) is 44.8. The zero-order valence-electron chi connectivity index (χ0n) is 60.2. The van der Waals surface area contributed by atoms with Gasteiger partial charge in [-0.05, 0) is 69.1 Å². The molecule has 3 N–H and O–H groups in total. The molecule has 0 amide bonds. The van der Waals surface area contributed by atoms with Gasteiger partial charge in [-0.2, -0.15) is 0 Å². The van der Waals surface area contributed by atoms with Gasteiger partial charge in [-0.1, -0.05) is 297 Å². The summed E-state index contributed by atoms with van der Waals surface area (Å²) in [6.45, 7) is 11.8. The van der Waals surface area contributed by atoms with Gasteiger partial charge >= 0.3 is 39.5 Å². The van der Waals surface area contributed by atoms with E-state index in [4.69, 9.17) is 37.0 Å². The minimum Gasteiger partial charge on any atom is -0.462 e. The Morgan fingerprint density at radius 3 is 0.957 bits per heavy atom. The largest absolute Gasteiger partial charge is 0.472 e. The first kappa shape index (κ1) is 90.5. The van der Waals surface area contributed by atoms with Gasteiger partial charge < -0.3 is 33.8 Å². The standard InChI is InChI=1S/C74H140O17P2/c1-8-11-12-13-14-15-16-17-18-19-22-29-34-43-50-57-73(78)90-69(61-84-71(76)55-48-41-33-28-25-24-27-32-39-46-53-66(6)9-2)63-88-92(80,81)86-59-68(75)60-87-93(82,83)89-64-70(62-85-72(77)56-49-42-37-36-40-47-54-67(7)10-3)91-74(79)58-51-44-35-30-23-20-21-26-31-38-45-52-65(4)5/h15-18,65-70,75H,8-14,19-64H2,1-7H3,(H,80,81)(H,82,83)/b16-15-,18-17-/t66?,67?,68-,69-,70-/m1/s1. The number of carbonyl (C=O) groups is 4. The fourth-order valence-corrected chi connectivity index (χ4v) is 12.2. The average molecular weight is 1360 g/mol. The molecule has 0 spiro atoms. The van der Waals surface area contributed by atoms with E-state index in [2.05, 4.69) is 72.8 Å². The first-order valence-electron chi connectivity index (χ1n) is 37.7. The lowest BCUT2D eigenvalue weighted by Crippen LogP contribution is -2.30. The maximum absolute atomic E-state index is 13.1. The number of hydrogen-bond donors (Lipinski definition) is 3. The van der Waals surface area contributed by atoms with Crippen LogP contribution in [0.15, 0.2) is 24.3 Å². The molecular weight excluding hydrogens is 1220 g/mol. The molecule has 93 heavy (non-hydrogen) atoms. The molecule has 548 valence electrons. The van der Waals surface area contributed by atoms with Gasteiger partial charge in [0, 0.05) is 25.7 Å². The lowest BCUT2D eigenvalue weighted by molar-refractivity contribution is -0.161. The van der Waals surface area contributed by atoms with Crippen molar-refractivity contribution in [2.75, 3.05) is 39.6 Å². The number of aliphatic hydroxyl groups is 1. The number of ether oxygens (including phenoxy) is 4. The summed E-state index contributed by atoms with van der Waals surface area (Å²) in [7, 11) is -9.92. The summed E-state index contributed by atoms with van der Waals surface area (Å²) in [4.78, 5) is 72.7. The Morgan fingerprint density at radius 1 is 0.355 bits per heavy atom. The fraction of sp³-hybridized carbons (Fsp3) is 0.892. The maximum atomic E-state index is 13.1. The third kappa shape index (κ3) is 65.3. The first-order valence-corrected chi connectivity index (χ1v) is 40.7. The van der Waals surface area contributed by atoms with Crippen molar-refractivity contribution in [3.8, 4) is 0 Å². The van der Waals surface area contributed by atoms with Crippen LogP contribution in [0.3, 0.4) is 0 Å². The van der Waals surface area contributed by atoms with Crippen LogP contribution in [0.1, 0.15) is 350 Å². The van der Waals surface area contributed by atoms with Crippen molar-refractivity contribution in [2.24, 2.45) is 17.8 Å². The number of hydrogen-bond acceptors (Lipinski definition) is 15. The second kappa shape index (κ2) is 64.2. The van der Waals surface area contributed by atoms with Gasteiger partial charge in [0.1, 0.15) is 19.3 Å². The van der Waals surface area contributed by atoms with E-state index in [9.17, 15) is 43.2 Å². The molecule has 7 atom stereocenters. The number of phosphoric acid groups is 2. The summed E-state index contributed by atoms with van der Waals surface area (Å²) in [5, 5.41) is 10.6. The molecule has 0 aromatic heterocycles. The highest BCUT2D eigenvalue weighted by Gasteiger charge is 2.30. The molecule has 17 nitrogen and oxygen atoms in total. The van der Waals surface area contributed by atoms with Crippen molar-refractivity contribution in [1.29, 1.82) is 0 Å². The minimum absolute atomic E-state index is 0.0844. The van der Waals surface area contributed by atoms with Crippen LogP contribution < -0.4 is 0 Å². The summed E-state index contributed by atoms with van der Waals surface area (Å²) in [6.07, 6.45) is 52.0. The van der Waals surface area contributed by atoms with Gasteiger partial charge in [-0.3, -0.25) is 37.3 Å². The van der Waals surface area contributed by atoms with Crippen LogP contribution >= 0.6 is 15.6 Å². The number of esters is 4. The fourth-order valence-electron chi connectivity index (χ4n) is 10.6. The lowest BCUT2D eigenvalue weighted by atomic mass is 9.99. The average Bonchev–Trinajstić information content (AvgIpc) is 1.71. The predicted octanol–water partition coefficient (Wildman–Crippen LogP) is 21.0. The topological polar surface area (TPSA) is 237 Å². The van der Waals surface area contributed by atoms with Crippen LogP contribution in [0.5, 0.6) is 0 Å². The zero-order chi connectivity index (χ0) is 68.7. The van der Waals surface area contributed by atoms with Crippen LogP contribution in [0.25, 0.3) is 0 Å². The summed E-state index contributed by atoms with van der Waals surface area (Å²) in [6, 6.07) is 0. The number of carbonyl (C=O) groups excluding carboxylic acids is 4. The monoisotopic (exact) mass is 1360 g/mol. The number of allylic oxidation sites excluding steroid dienone is 4. The van der Waals surface area contributed by atoms with Crippen molar-refractivity contribution in [3.05, 3.63) is 24.3 Å². The molecule has 0 heterocycles. The lowest BCUT2D eigenvalue weighted by Gasteiger charge is -2.21. The second-order valence-corrected chi connectivity index (χ2v) is 29.9. The van der Waals surface area contributed by atoms with Gasteiger partial charge in [0.25, 0.3) is 0 Å². The number of aliphatic hydroxyl groups excluding tert-OH is 1. The van der Waals surface area contributed by atoms with E-state index < -0.39 is 97.5 Å². The highest BCUT2D eigenvalue weighted by Crippen LogP contribution is 2.45. The van der Waals surface area contributed by atoms with Gasteiger partial charge in [-0.15, -0.1) is 0 Å².